The second-order valence-electron chi connectivity index (χ2n) is 5.05. The molecule has 1 fully saturated rings. The predicted octanol–water partition coefficient (Wildman–Crippen LogP) is 3.91. The molecule has 1 saturated heterocycles. The van der Waals surface area contributed by atoms with Crippen LogP contribution in [0, 0.1) is 20.2 Å². The molecule has 0 amide bonds. The Bertz CT molecular complexity index is 717. The van der Waals surface area contributed by atoms with Gasteiger partial charge in [-0.25, -0.2) is 0 Å². The van der Waals surface area contributed by atoms with Crippen molar-refractivity contribution in [3.8, 4) is 0 Å². The topological polar surface area (TPSA) is 89.5 Å². The standard InChI is InChI=1S/C14H13N3O4S/c18-16(19)10-5-6-11(13(9-10)17(20)21)15-7-1-3-12(15)14-4-2-8-22-14/h2,4-6,8-9,12H,1,3,7H2/t12-/m0/s1. The molecular weight excluding hydrogens is 306 g/mol. The summed E-state index contributed by atoms with van der Waals surface area (Å²) in [6, 6.07) is 7.93. The van der Waals surface area contributed by atoms with E-state index in [-0.39, 0.29) is 17.4 Å². The Hall–Kier alpha value is -2.48. The van der Waals surface area contributed by atoms with E-state index in [1.165, 1.54) is 12.1 Å². The summed E-state index contributed by atoms with van der Waals surface area (Å²) in [5.74, 6) is 0. The molecule has 0 unspecified atom stereocenters. The summed E-state index contributed by atoms with van der Waals surface area (Å²) in [4.78, 5) is 24.1. The number of nitrogens with zero attached hydrogens (tertiary/aromatic N) is 3. The number of benzene rings is 1. The minimum absolute atomic E-state index is 0.0974. The van der Waals surface area contributed by atoms with E-state index in [0.29, 0.717) is 12.2 Å². The smallest absolute Gasteiger partial charge is 0.299 e. The van der Waals surface area contributed by atoms with Crippen molar-refractivity contribution in [1.29, 1.82) is 0 Å². The first-order valence-electron chi connectivity index (χ1n) is 6.81. The molecule has 2 aromatic rings. The highest BCUT2D eigenvalue weighted by molar-refractivity contribution is 7.10. The molecule has 8 heteroatoms. The van der Waals surface area contributed by atoms with E-state index in [2.05, 4.69) is 0 Å². The van der Waals surface area contributed by atoms with Crippen LogP contribution in [0.1, 0.15) is 23.8 Å². The van der Waals surface area contributed by atoms with Gasteiger partial charge in [0.05, 0.1) is 22.0 Å². The number of rotatable bonds is 4. The van der Waals surface area contributed by atoms with Crippen LogP contribution in [0.3, 0.4) is 0 Å². The van der Waals surface area contributed by atoms with Crippen molar-refractivity contribution in [2.45, 2.75) is 18.9 Å². The van der Waals surface area contributed by atoms with E-state index in [9.17, 15) is 20.2 Å². The zero-order valence-electron chi connectivity index (χ0n) is 11.5. The maximum Gasteiger partial charge on any atom is 0.299 e. The number of hydrogen-bond donors (Lipinski definition) is 0. The van der Waals surface area contributed by atoms with Crippen molar-refractivity contribution < 1.29 is 9.85 Å². The minimum atomic E-state index is -0.614. The second kappa shape index (κ2) is 5.72. The lowest BCUT2D eigenvalue weighted by Crippen LogP contribution is -2.22. The third-order valence-corrected chi connectivity index (χ3v) is 4.77. The molecule has 114 valence electrons. The van der Waals surface area contributed by atoms with Gasteiger partial charge in [0.15, 0.2) is 0 Å². The normalized spacial score (nSPS) is 17.6. The molecule has 22 heavy (non-hydrogen) atoms. The minimum Gasteiger partial charge on any atom is -0.358 e. The third kappa shape index (κ3) is 2.52. The highest BCUT2D eigenvalue weighted by atomic mass is 32.1. The van der Waals surface area contributed by atoms with Gasteiger partial charge in [0, 0.05) is 17.5 Å². The van der Waals surface area contributed by atoms with Crippen molar-refractivity contribution in [1.82, 2.24) is 0 Å². The molecular formula is C14H13N3O4S. The molecule has 0 aliphatic carbocycles. The van der Waals surface area contributed by atoms with Crippen LogP contribution in [0.2, 0.25) is 0 Å². The number of nitro benzene ring substituents is 2. The Kier molecular flexibility index (Phi) is 3.76. The number of nitro groups is 2. The van der Waals surface area contributed by atoms with Crippen molar-refractivity contribution in [2.24, 2.45) is 0 Å². The Morgan fingerprint density at radius 3 is 2.64 bits per heavy atom. The number of thiophene rings is 1. The van der Waals surface area contributed by atoms with Gasteiger partial charge >= 0.3 is 0 Å². The van der Waals surface area contributed by atoms with Gasteiger partial charge in [0.1, 0.15) is 5.69 Å². The molecule has 3 rings (SSSR count). The summed E-state index contributed by atoms with van der Waals surface area (Å²) in [7, 11) is 0. The summed E-state index contributed by atoms with van der Waals surface area (Å²) in [6.07, 6.45) is 1.87. The van der Waals surface area contributed by atoms with E-state index in [4.69, 9.17) is 0 Å². The fourth-order valence-corrected chi connectivity index (χ4v) is 3.72. The molecule has 1 aliphatic heterocycles. The SMILES string of the molecule is O=[N+]([O-])c1ccc(N2CCC[C@H]2c2cccs2)c([N+](=O)[O-])c1. The van der Waals surface area contributed by atoms with Crippen molar-refractivity contribution in [3.05, 3.63) is 60.8 Å². The molecule has 1 atom stereocenters. The van der Waals surface area contributed by atoms with E-state index < -0.39 is 9.85 Å². The van der Waals surface area contributed by atoms with Crippen molar-refractivity contribution >= 4 is 28.4 Å². The fourth-order valence-electron chi connectivity index (χ4n) is 2.85. The Balaban J connectivity index is 2.03. The number of non-ortho nitro benzene ring substituents is 1. The van der Waals surface area contributed by atoms with Crippen LogP contribution in [0.5, 0.6) is 0 Å². The lowest BCUT2D eigenvalue weighted by molar-refractivity contribution is -0.393. The van der Waals surface area contributed by atoms with Crippen LogP contribution < -0.4 is 4.90 Å². The van der Waals surface area contributed by atoms with Gasteiger partial charge in [-0.2, -0.15) is 0 Å². The highest BCUT2D eigenvalue weighted by Crippen LogP contribution is 2.42. The van der Waals surface area contributed by atoms with Gasteiger partial charge in [0.25, 0.3) is 11.4 Å². The predicted molar refractivity (Wildman–Crippen MR) is 83.4 cm³/mol. The maximum atomic E-state index is 11.3. The first-order chi connectivity index (χ1) is 10.6. The van der Waals surface area contributed by atoms with Crippen LogP contribution in [0.15, 0.2) is 35.7 Å². The van der Waals surface area contributed by atoms with Crippen LogP contribution in [0.25, 0.3) is 0 Å². The van der Waals surface area contributed by atoms with Crippen molar-refractivity contribution in [3.63, 3.8) is 0 Å². The second-order valence-corrected chi connectivity index (χ2v) is 6.03. The van der Waals surface area contributed by atoms with E-state index in [1.54, 1.807) is 11.3 Å². The monoisotopic (exact) mass is 319 g/mol. The molecule has 0 saturated carbocycles. The number of anilines is 1. The third-order valence-electron chi connectivity index (χ3n) is 3.80. The summed E-state index contributed by atoms with van der Waals surface area (Å²) >= 11 is 1.62. The molecule has 2 heterocycles. The van der Waals surface area contributed by atoms with Gasteiger partial charge < -0.3 is 4.90 Å². The van der Waals surface area contributed by atoms with Gasteiger partial charge in [0.2, 0.25) is 0 Å². The zero-order chi connectivity index (χ0) is 15.7. The average molecular weight is 319 g/mol. The highest BCUT2D eigenvalue weighted by Gasteiger charge is 2.32. The Labute approximate surface area is 130 Å². The average Bonchev–Trinajstić information content (AvgIpc) is 3.17. The van der Waals surface area contributed by atoms with Crippen LogP contribution in [0.4, 0.5) is 17.1 Å². The largest absolute Gasteiger partial charge is 0.358 e. The van der Waals surface area contributed by atoms with E-state index >= 15 is 0 Å². The van der Waals surface area contributed by atoms with Crippen molar-refractivity contribution in [2.75, 3.05) is 11.4 Å². The van der Waals surface area contributed by atoms with E-state index in [1.807, 2.05) is 22.4 Å². The first kappa shape index (κ1) is 14.5. The zero-order valence-corrected chi connectivity index (χ0v) is 12.4. The maximum absolute atomic E-state index is 11.3. The summed E-state index contributed by atoms with van der Waals surface area (Å²) in [5.41, 5.74) is -0.0218. The summed E-state index contributed by atoms with van der Waals surface area (Å²) < 4.78 is 0. The van der Waals surface area contributed by atoms with Crippen LogP contribution >= 0.6 is 11.3 Å². The molecule has 0 bridgehead atoms. The van der Waals surface area contributed by atoms with Gasteiger partial charge in [-0.3, -0.25) is 20.2 Å². The molecule has 0 N–H and O–H groups in total. The summed E-state index contributed by atoms with van der Waals surface area (Å²) in [5, 5.41) is 24.1. The lowest BCUT2D eigenvalue weighted by atomic mass is 10.1. The Morgan fingerprint density at radius 2 is 2.00 bits per heavy atom. The molecule has 1 aromatic carbocycles. The van der Waals surface area contributed by atoms with Crippen LogP contribution in [-0.2, 0) is 0 Å². The summed E-state index contributed by atoms with van der Waals surface area (Å²) in [6.45, 7) is 0.710. The van der Waals surface area contributed by atoms with E-state index in [0.717, 1.165) is 23.8 Å². The fraction of sp³-hybridized carbons (Fsp3) is 0.286. The van der Waals surface area contributed by atoms with Gasteiger partial charge in [-0.15, -0.1) is 11.3 Å². The molecule has 7 nitrogen and oxygen atoms in total. The first-order valence-corrected chi connectivity index (χ1v) is 7.69. The molecule has 0 radical (unpaired) electrons. The quantitative estimate of drug-likeness (QED) is 0.629. The van der Waals surface area contributed by atoms with Crippen LogP contribution in [-0.4, -0.2) is 16.4 Å². The van der Waals surface area contributed by atoms with Gasteiger partial charge in [-0.05, 0) is 30.4 Å². The van der Waals surface area contributed by atoms with Gasteiger partial charge in [-0.1, -0.05) is 6.07 Å². The molecule has 0 spiro atoms. The lowest BCUT2D eigenvalue weighted by Gasteiger charge is -2.25. The molecule has 1 aliphatic rings. The Morgan fingerprint density at radius 1 is 1.18 bits per heavy atom. The molecule has 1 aromatic heterocycles. The number of hydrogen-bond acceptors (Lipinski definition) is 6.